The van der Waals surface area contributed by atoms with Gasteiger partial charge in [-0.3, -0.25) is 15.0 Å². The van der Waals surface area contributed by atoms with Gasteiger partial charge in [-0.05, 0) is 64.3 Å². The Bertz CT molecular complexity index is 1060. The smallest absolute Gasteiger partial charge is 0.125 e. The van der Waals surface area contributed by atoms with E-state index in [0.717, 1.165) is 70.5 Å². The van der Waals surface area contributed by atoms with E-state index in [2.05, 4.69) is 17.1 Å². The van der Waals surface area contributed by atoms with Crippen LogP contribution < -0.4 is 4.74 Å². The number of hydrogen-bond acceptors (Lipinski definition) is 6. The number of hydrogen-bond donors (Lipinski definition) is 0. The molecule has 0 spiro atoms. The lowest BCUT2D eigenvalue weighted by molar-refractivity contribution is 0.141. The number of aryl methyl sites for hydroxylation is 3. The van der Waals surface area contributed by atoms with Crippen molar-refractivity contribution in [2.75, 3.05) is 13.7 Å². The van der Waals surface area contributed by atoms with Crippen LogP contribution in [0.1, 0.15) is 48.6 Å². The molecule has 0 saturated heterocycles. The van der Waals surface area contributed by atoms with Crippen LogP contribution in [-0.2, 0) is 17.7 Å². The molecule has 31 heavy (non-hydrogen) atoms. The minimum absolute atomic E-state index is 0.519. The summed E-state index contributed by atoms with van der Waals surface area (Å²) in [6.07, 6.45) is 2.46. The Hall–Kier alpha value is -3.28. The standard InChI is InChI=1S/C25H30N4O2/c1-6-20-16-24(30-5)18(3)25(28-20)23-14-8-11-21(27-23)12-9-15-31-29-19(4)22-13-7-10-17(2)26-22/h7-8,10-11,13-14,16H,6,9,12,15H2,1-5H3. The van der Waals surface area contributed by atoms with Gasteiger partial charge in [-0.25, -0.2) is 0 Å². The van der Waals surface area contributed by atoms with E-state index in [-0.39, 0.29) is 0 Å². The predicted molar refractivity (Wildman–Crippen MR) is 124 cm³/mol. The van der Waals surface area contributed by atoms with Gasteiger partial charge in [0.2, 0.25) is 0 Å². The van der Waals surface area contributed by atoms with Crippen molar-refractivity contribution >= 4 is 5.71 Å². The summed E-state index contributed by atoms with van der Waals surface area (Å²) in [5, 5.41) is 4.19. The van der Waals surface area contributed by atoms with Gasteiger partial charge in [-0.15, -0.1) is 0 Å². The number of ether oxygens (including phenoxy) is 1. The van der Waals surface area contributed by atoms with Crippen LogP contribution >= 0.6 is 0 Å². The average molecular weight is 419 g/mol. The summed E-state index contributed by atoms with van der Waals surface area (Å²) >= 11 is 0. The number of oxime groups is 1. The van der Waals surface area contributed by atoms with Crippen LogP contribution in [0.25, 0.3) is 11.4 Å². The Balaban J connectivity index is 1.62. The molecule has 0 radical (unpaired) electrons. The molecule has 0 fully saturated rings. The Morgan fingerprint density at radius 1 is 1.00 bits per heavy atom. The van der Waals surface area contributed by atoms with Crippen LogP contribution in [-0.4, -0.2) is 34.4 Å². The van der Waals surface area contributed by atoms with E-state index in [4.69, 9.17) is 19.5 Å². The number of aromatic nitrogens is 3. The first-order chi connectivity index (χ1) is 15.0. The minimum atomic E-state index is 0.519. The summed E-state index contributed by atoms with van der Waals surface area (Å²) < 4.78 is 5.53. The summed E-state index contributed by atoms with van der Waals surface area (Å²) in [5.74, 6) is 0.846. The molecular formula is C25H30N4O2. The van der Waals surface area contributed by atoms with Gasteiger partial charge >= 0.3 is 0 Å². The van der Waals surface area contributed by atoms with Crippen molar-refractivity contribution in [2.24, 2.45) is 5.16 Å². The molecule has 0 bridgehead atoms. The van der Waals surface area contributed by atoms with Crippen molar-refractivity contribution in [1.82, 2.24) is 15.0 Å². The maximum absolute atomic E-state index is 5.53. The SMILES string of the molecule is CCc1cc(OC)c(C)c(-c2cccc(CCCON=C(C)c3cccc(C)n3)n2)n1. The van der Waals surface area contributed by atoms with Gasteiger partial charge in [-0.2, -0.15) is 0 Å². The molecule has 0 N–H and O–H groups in total. The van der Waals surface area contributed by atoms with Gasteiger partial charge in [0.25, 0.3) is 0 Å². The largest absolute Gasteiger partial charge is 0.496 e. The maximum Gasteiger partial charge on any atom is 0.125 e. The monoisotopic (exact) mass is 418 g/mol. The van der Waals surface area contributed by atoms with Crippen molar-refractivity contribution in [1.29, 1.82) is 0 Å². The molecule has 3 heterocycles. The molecule has 0 unspecified atom stereocenters. The Labute approximate surface area is 184 Å². The summed E-state index contributed by atoms with van der Waals surface area (Å²) in [6, 6.07) is 13.9. The fraction of sp³-hybridized carbons (Fsp3) is 0.360. The zero-order chi connectivity index (χ0) is 22.2. The molecule has 3 rings (SSSR count). The first kappa shape index (κ1) is 22.4. The van der Waals surface area contributed by atoms with E-state index < -0.39 is 0 Å². The van der Waals surface area contributed by atoms with E-state index in [0.29, 0.717) is 6.61 Å². The second-order valence-electron chi connectivity index (χ2n) is 7.43. The van der Waals surface area contributed by atoms with Crippen LogP contribution in [0.2, 0.25) is 0 Å². The lowest BCUT2D eigenvalue weighted by Gasteiger charge is -2.12. The van der Waals surface area contributed by atoms with E-state index in [1.165, 1.54) is 0 Å². The summed E-state index contributed by atoms with van der Waals surface area (Å²) in [7, 11) is 1.69. The fourth-order valence-corrected chi connectivity index (χ4v) is 3.28. The third kappa shape index (κ3) is 5.87. The first-order valence-electron chi connectivity index (χ1n) is 10.6. The molecule has 6 heteroatoms. The van der Waals surface area contributed by atoms with Gasteiger partial charge in [0.1, 0.15) is 18.1 Å². The number of rotatable bonds is 9. The highest BCUT2D eigenvalue weighted by Gasteiger charge is 2.12. The third-order valence-corrected chi connectivity index (χ3v) is 5.04. The van der Waals surface area contributed by atoms with Crippen LogP contribution in [0, 0.1) is 13.8 Å². The maximum atomic E-state index is 5.53. The molecular weight excluding hydrogens is 388 g/mol. The number of methoxy groups -OCH3 is 1. The van der Waals surface area contributed by atoms with Crippen molar-refractivity contribution in [2.45, 2.75) is 47.0 Å². The molecule has 0 amide bonds. The van der Waals surface area contributed by atoms with Crippen LogP contribution in [0.5, 0.6) is 5.75 Å². The van der Waals surface area contributed by atoms with Crippen LogP contribution in [0.3, 0.4) is 0 Å². The van der Waals surface area contributed by atoms with Crippen molar-refractivity contribution < 1.29 is 9.57 Å². The zero-order valence-electron chi connectivity index (χ0n) is 19.0. The predicted octanol–water partition coefficient (Wildman–Crippen LogP) is 5.10. The molecule has 0 aliphatic carbocycles. The highest BCUT2D eigenvalue weighted by molar-refractivity contribution is 5.96. The highest BCUT2D eigenvalue weighted by Crippen LogP contribution is 2.28. The minimum Gasteiger partial charge on any atom is -0.496 e. The lowest BCUT2D eigenvalue weighted by atomic mass is 10.1. The van der Waals surface area contributed by atoms with Gasteiger partial charge in [0.05, 0.1) is 24.2 Å². The van der Waals surface area contributed by atoms with Crippen LogP contribution in [0.15, 0.2) is 47.6 Å². The van der Waals surface area contributed by atoms with Crippen LogP contribution in [0.4, 0.5) is 0 Å². The molecule has 0 aliphatic heterocycles. The van der Waals surface area contributed by atoms with Gasteiger partial charge in [0, 0.05) is 28.7 Å². The first-order valence-corrected chi connectivity index (χ1v) is 10.6. The normalized spacial score (nSPS) is 11.5. The van der Waals surface area contributed by atoms with Crippen molar-refractivity contribution in [3.05, 3.63) is 70.8 Å². The number of pyridine rings is 3. The Morgan fingerprint density at radius 3 is 2.55 bits per heavy atom. The van der Waals surface area contributed by atoms with E-state index in [9.17, 15) is 0 Å². The second kappa shape index (κ2) is 10.7. The average Bonchev–Trinajstić information content (AvgIpc) is 2.79. The van der Waals surface area contributed by atoms with Gasteiger partial charge in [-0.1, -0.05) is 24.2 Å². The van der Waals surface area contributed by atoms with E-state index in [1.54, 1.807) is 7.11 Å². The summed E-state index contributed by atoms with van der Waals surface area (Å²) in [6.45, 7) is 8.49. The zero-order valence-corrected chi connectivity index (χ0v) is 19.0. The molecule has 162 valence electrons. The highest BCUT2D eigenvalue weighted by atomic mass is 16.6. The molecule has 0 saturated carbocycles. The van der Waals surface area contributed by atoms with Gasteiger partial charge < -0.3 is 9.57 Å². The molecule has 3 aromatic rings. The third-order valence-electron chi connectivity index (χ3n) is 5.04. The second-order valence-corrected chi connectivity index (χ2v) is 7.43. The Kier molecular flexibility index (Phi) is 7.70. The Morgan fingerprint density at radius 2 is 1.81 bits per heavy atom. The van der Waals surface area contributed by atoms with Gasteiger partial charge in [0.15, 0.2) is 0 Å². The quantitative estimate of drug-likeness (QED) is 0.275. The summed E-state index contributed by atoms with van der Waals surface area (Å²) in [5.41, 5.74) is 7.31. The topological polar surface area (TPSA) is 69.5 Å². The summed E-state index contributed by atoms with van der Waals surface area (Å²) in [4.78, 5) is 19.6. The van der Waals surface area contributed by atoms with E-state index in [1.807, 2.05) is 63.2 Å². The molecule has 0 aromatic carbocycles. The molecule has 3 aromatic heterocycles. The molecule has 0 aliphatic rings. The molecule has 0 atom stereocenters. The lowest BCUT2D eigenvalue weighted by Crippen LogP contribution is -2.03. The number of nitrogens with zero attached hydrogens (tertiary/aromatic N) is 4. The fourth-order valence-electron chi connectivity index (χ4n) is 3.28. The molecule has 6 nitrogen and oxygen atoms in total. The van der Waals surface area contributed by atoms with Crippen molar-refractivity contribution in [3.63, 3.8) is 0 Å². The van der Waals surface area contributed by atoms with Crippen molar-refractivity contribution in [3.8, 4) is 17.1 Å². The van der Waals surface area contributed by atoms with E-state index >= 15 is 0 Å².